The van der Waals surface area contributed by atoms with Gasteiger partial charge >= 0.3 is 0 Å². The third kappa shape index (κ3) is 4.40. The second-order valence-electron chi connectivity index (χ2n) is 6.84. The molecule has 6 nitrogen and oxygen atoms in total. The van der Waals surface area contributed by atoms with Gasteiger partial charge < -0.3 is 15.1 Å². The molecular formula is C17H29IN6S. The number of nitrogens with one attached hydrogen (secondary N) is 1. The number of aliphatic imine (C=N–C) groups is 1. The Morgan fingerprint density at radius 2 is 1.92 bits per heavy atom. The molecule has 1 unspecified atom stereocenters. The number of halogens is 1. The van der Waals surface area contributed by atoms with Crippen molar-refractivity contribution in [3.63, 3.8) is 0 Å². The molecule has 0 aromatic carbocycles. The monoisotopic (exact) mass is 476 g/mol. The third-order valence-electron chi connectivity index (χ3n) is 5.50. The summed E-state index contributed by atoms with van der Waals surface area (Å²) in [7, 11) is 1.91. The molecule has 0 spiro atoms. The summed E-state index contributed by atoms with van der Waals surface area (Å²) in [5.74, 6) is 1.07. The number of fused-ring (bicyclic) bond motifs is 3. The number of guanidine groups is 1. The third-order valence-corrected chi connectivity index (χ3v) is 6.43. The van der Waals surface area contributed by atoms with Gasteiger partial charge in [-0.15, -0.1) is 35.3 Å². The SMILES string of the molecule is CN=C(NCC1CN2CCN1CC2)N1CCN(c2cccs2)CC1.I. The standard InChI is InChI=1S/C17H28N6S.HI/c1-18-17(19-13-15-14-20-4-6-21(15)7-5-20)23-10-8-22(9-11-23)16-3-2-12-24-16;/h2-3,12,15H,4-11,13-14H2,1H3,(H,18,19);1H. The molecule has 1 N–H and O–H groups in total. The maximum Gasteiger partial charge on any atom is 0.193 e. The van der Waals surface area contributed by atoms with E-state index in [1.165, 1.54) is 37.7 Å². The lowest BCUT2D eigenvalue weighted by atomic mass is 10.1. The summed E-state index contributed by atoms with van der Waals surface area (Å²) in [5.41, 5.74) is 0. The minimum absolute atomic E-state index is 0. The van der Waals surface area contributed by atoms with Crippen molar-refractivity contribution in [1.82, 2.24) is 20.0 Å². The van der Waals surface area contributed by atoms with Crippen LogP contribution in [0.3, 0.4) is 0 Å². The van der Waals surface area contributed by atoms with Crippen LogP contribution < -0.4 is 10.2 Å². The van der Waals surface area contributed by atoms with E-state index in [1.54, 1.807) is 0 Å². The van der Waals surface area contributed by atoms with Gasteiger partial charge in [-0.2, -0.15) is 0 Å². The Balaban J connectivity index is 0.00000182. The van der Waals surface area contributed by atoms with Gasteiger partial charge in [-0.25, -0.2) is 0 Å². The van der Waals surface area contributed by atoms with Crippen molar-refractivity contribution < 1.29 is 0 Å². The molecule has 4 aliphatic heterocycles. The van der Waals surface area contributed by atoms with Crippen LogP contribution in [0, 0.1) is 0 Å². The highest BCUT2D eigenvalue weighted by molar-refractivity contribution is 14.0. The fourth-order valence-electron chi connectivity index (χ4n) is 4.05. The molecule has 0 amide bonds. The average Bonchev–Trinajstić information content (AvgIpc) is 3.18. The quantitative estimate of drug-likeness (QED) is 0.402. The summed E-state index contributed by atoms with van der Waals surface area (Å²) >= 11 is 1.83. The van der Waals surface area contributed by atoms with Crippen LogP contribution in [0.25, 0.3) is 0 Å². The molecule has 1 aromatic rings. The molecule has 4 fully saturated rings. The zero-order chi connectivity index (χ0) is 16.4. The van der Waals surface area contributed by atoms with E-state index in [2.05, 4.69) is 47.4 Å². The van der Waals surface area contributed by atoms with E-state index in [4.69, 9.17) is 0 Å². The van der Waals surface area contributed by atoms with Crippen LogP contribution in [0.5, 0.6) is 0 Å². The van der Waals surface area contributed by atoms with Crippen LogP contribution in [0.1, 0.15) is 0 Å². The molecule has 1 aromatic heterocycles. The topological polar surface area (TPSA) is 37.4 Å². The number of nitrogens with zero attached hydrogens (tertiary/aromatic N) is 5. The normalized spacial score (nSPS) is 29.5. The first-order chi connectivity index (χ1) is 11.8. The summed E-state index contributed by atoms with van der Waals surface area (Å²) in [5, 5.41) is 7.18. The maximum absolute atomic E-state index is 4.53. The molecule has 1 atom stereocenters. The van der Waals surface area contributed by atoms with Gasteiger partial charge in [0.15, 0.2) is 5.96 Å². The first-order valence-corrected chi connectivity index (χ1v) is 9.92. The van der Waals surface area contributed by atoms with Crippen molar-refractivity contribution in [3.8, 4) is 0 Å². The van der Waals surface area contributed by atoms with E-state index < -0.39 is 0 Å². The van der Waals surface area contributed by atoms with Crippen molar-refractivity contribution in [2.75, 3.05) is 77.4 Å². The summed E-state index contributed by atoms with van der Waals surface area (Å²) in [4.78, 5) is 14.6. The predicted molar refractivity (Wildman–Crippen MR) is 117 cm³/mol. The van der Waals surface area contributed by atoms with E-state index in [1.807, 2.05) is 18.4 Å². The van der Waals surface area contributed by atoms with E-state index in [0.29, 0.717) is 6.04 Å². The zero-order valence-electron chi connectivity index (χ0n) is 14.9. The van der Waals surface area contributed by atoms with Gasteiger partial charge in [0.25, 0.3) is 0 Å². The Morgan fingerprint density at radius 3 is 2.48 bits per heavy atom. The molecule has 2 bridgehead atoms. The molecule has 0 radical (unpaired) electrons. The summed E-state index contributed by atoms with van der Waals surface area (Å²) in [6.45, 7) is 11.4. The second-order valence-corrected chi connectivity index (χ2v) is 7.77. The number of hydrogen-bond acceptors (Lipinski definition) is 5. The van der Waals surface area contributed by atoms with Crippen molar-refractivity contribution >= 4 is 46.3 Å². The van der Waals surface area contributed by atoms with Crippen LogP contribution in [-0.2, 0) is 0 Å². The smallest absolute Gasteiger partial charge is 0.193 e. The fraction of sp³-hybridized carbons (Fsp3) is 0.706. The van der Waals surface area contributed by atoms with Gasteiger partial charge in [-0.3, -0.25) is 14.8 Å². The van der Waals surface area contributed by atoms with Crippen LogP contribution >= 0.6 is 35.3 Å². The molecule has 4 aliphatic rings. The second kappa shape index (κ2) is 8.88. The van der Waals surface area contributed by atoms with Crippen LogP contribution in [-0.4, -0.2) is 99.2 Å². The van der Waals surface area contributed by atoms with Crippen molar-refractivity contribution in [2.45, 2.75) is 6.04 Å². The lowest BCUT2D eigenvalue weighted by molar-refractivity contribution is 0.0152. The van der Waals surface area contributed by atoms with E-state index in [-0.39, 0.29) is 24.0 Å². The highest BCUT2D eigenvalue weighted by atomic mass is 127. The van der Waals surface area contributed by atoms with E-state index in [0.717, 1.165) is 38.7 Å². The molecule has 0 saturated carbocycles. The zero-order valence-corrected chi connectivity index (χ0v) is 18.1. The van der Waals surface area contributed by atoms with Gasteiger partial charge in [-0.1, -0.05) is 0 Å². The van der Waals surface area contributed by atoms with Gasteiger partial charge in [0.05, 0.1) is 5.00 Å². The van der Waals surface area contributed by atoms with Crippen LogP contribution in [0.4, 0.5) is 5.00 Å². The molecule has 4 saturated heterocycles. The summed E-state index contributed by atoms with van der Waals surface area (Å²) < 4.78 is 0. The van der Waals surface area contributed by atoms with Crippen molar-refractivity contribution in [1.29, 1.82) is 0 Å². The highest BCUT2D eigenvalue weighted by Gasteiger charge is 2.32. The molecule has 5 heterocycles. The number of anilines is 1. The minimum atomic E-state index is 0. The Kier molecular flexibility index (Phi) is 6.81. The number of rotatable bonds is 3. The number of thiophene rings is 1. The first kappa shape index (κ1) is 19.2. The summed E-state index contributed by atoms with van der Waals surface area (Å²) in [6, 6.07) is 4.99. The van der Waals surface area contributed by atoms with Gasteiger partial charge in [0, 0.05) is 78.5 Å². The first-order valence-electron chi connectivity index (χ1n) is 9.04. The average molecular weight is 476 g/mol. The predicted octanol–water partition coefficient (Wildman–Crippen LogP) is 1.06. The Morgan fingerprint density at radius 1 is 1.16 bits per heavy atom. The van der Waals surface area contributed by atoms with Gasteiger partial charge in [0.1, 0.15) is 0 Å². The Hall–Kier alpha value is -0.580. The Bertz CT molecular complexity index is 549. The molecular weight excluding hydrogens is 447 g/mol. The lowest BCUT2D eigenvalue weighted by Gasteiger charge is -2.47. The number of hydrogen-bond donors (Lipinski definition) is 1. The highest BCUT2D eigenvalue weighted by Crippen LogP contribution is 2.22. The number of piperazine rings is 4. The van der Waals surface area contributed by atoms with E-state index >= 15 is 0 Å². The van der Waals surface area contributed by atoms with E-state index in [9.17, 15) is 0 Å². The minimum Gasteiger partial charge on any atom is -0.360 e. The lowest BCUT2D eigenvalue weighted by Crippen LogP contribution is -2.64. The molecule has 140 valence electrons. The molecule has 8 heteroatoms. The molecule has 25 heavy (non-hydrogen) atoms. The van der Waals surface area contributed by atoms with Crippen molar-refractivity contribution in [3.05, 3.63) is 17.5 Å². The Labute approximate surface area is 171 Å². The van der Waals surface area contributed by atoms with Gasteiger partial charge in [-0.05, 0) is 17.5 Å². The fourth-order valence-corrected chi connectivity index (χ4v) is 4.83. The molecule has 0 aliphatic carbocycles. The summed E-state index contributed by atoms with van der Waals surface area (Å²) in [6.07, 6.45) is 0. The maximum atomic E-state index is 4.53. The van der Waals surface area contributed by atoms with Gasteiger partial charge in [0.2, 0.25) is 0 Å². The van der Waals surface area contributed by atoms with Crippen LogP contribution in [0.2, 0.25) is 0 Å². The largest absolute Gasteiger partial charge is 0.360 e. The van der Waals surface area contributed by atoms with Crippen molar-refractivity contribution in [2.24, 2.45) is 4.99 Å². The van der Waals surface area contributed by atoms with Crippen LogP contribution in [0.15, 0.2) is 22.5 Å². The molecule has 5 rings (SSSR count).